The van der Waals surface area contributed by atoms with Crippen LogP contribution in [0.4, 0.5) is 0 Å². The Morgan fingerprint density at radius 1 is 1.41 bits per heavy atom. The third-order valence-corrected chi connectivity index (χ3v) is 3.37. The van der Waals surface area contributed by atoms with Gasteiger partial charge in [-0.25, -0.2) is 0 Å². The van der Waals surface area contributed by atoms with Crippen LogP contribution in [0.3, 0.4) is 0 Å². The molecule has 5 nitrogen and oxygen atoms in total. The second-order valence-corrected chi connectivity index (χ2v) is 5.23. The summed E-state index contributed by atoms with van der Waals surface area (Å²) in [6, 6.07) is -0.181. The molecule has 0 heterocycles. The minimum absolute atomic E-state index is 0.0256. The van der Waals surface area contributed by atoms with Crippen molar-refractivity contribution in [3.8, 4) is 0 Å². The summed E-state index contributed by atoms with van der Waals surface area (Å²) >= 11 is 0. The first kappa shape index (κ1) is 14.0. The zero-order valence-corrected chi connectivity index (χ0v) is 10.5. The average Bonchev–Trinajstić information content (AvgIpc) is 2.63. The van der Waals surface area contributed by atoms with Crippen molar-refractivity contribution in [2.45, 2.75) is 51.6 Å². The van der Waals surface area contributed by atoms with Crippen molar-refractivity contribution in [2.75, 3.05) is 0 Å². The number of carbonyl (C=O) groups is 2. The third kappa shape index (κ3) is 4.34. The van der Waals surface area contributed by atoms with Gasteiger partial charge < -0.3 is 16.2 Å². The fraction of sp³-hybridized carbons (Fsp3) is 0.833. The predicted octanol–water partition coefficient (Wildman–Crippen LogP) is 0.729. The number of nitrogens with two attached hydrogens (primary N) is 1. The molecule has 1 amide bonds. The van der Waals surface area contributed by atoms with Gasteiger partial charge >= 0.3 is 5.97 Å². The molecular weight excluding hydrogens is 220 g/mol. The lowest BCUT2D eigenvalue weighted by molar-refractivity contribution is -0.138. The Kier molecular flexibility index (Phi) is 4.93. The van der Waals surface area contributed by atoms with Crippen molar-refractivity contribution < 1.29 is 14.7 Å². The molecule has 0 aromatic carbocycles. The molecule has 0 aromatic rings. The summed E-state index contributed by atoms with van der Waals surface area (Å²) in [6.07, 6.45) is 2.38. The van der Waals surface area contributed by atoms with Crippen LogP contribution in [0.2, 0.25) is 0 Å². The molecule has 1 aliphatic carbocycles. The van der Waals surface area contributed by atoms with E-state index in [9.17, 15) is 9.59 Å². The van der Waals surface area contributed by atoms with Crippen molar-refractivity contribution in [3.05, 3.63) is 0 Å². The molecule has 1 rings (SSSR count). The van der Waals surface area contributed by atoms with E-state index < -0.39 is 5.97 Å². The summed E-state index contributed by atoms with van der Waals surface area (Å²) in [4.78, 5) is 22.6. The first-order valence-electron chi connectivity index (χ1n) is 6.18. The molecule has 1 aliphatic rings. The van der Waals surface area contributed by atoms with Crippen molar-refractivity contribution in [3.63, 3.8) is 0 Å². The second-order valence-electron chi connectivity index (χ2n) is 5.23. The Balaban J connectivity index is 2.49. The van der Waals surface area contributed by atoms with E-state index in [4.69, 9.17) is 10.8 Å². The predicted molar refractivity (Wildman–Crippen MR) is 64.3 cm³/mol. The van der Waals surface area contributed by atoms with E-state index in [2.05, 4.69) is 5.32 Å². The van der Waals surface area contributed by atoms with E-state index in [0.29, 0.717) is 6.42 Å². The van der Waals surface area contributed by atoms with E-state index in [1.165, 1.54) is 0 Å². The first-order valence-corrected chi connectivity index (χ1v) is 6.18. The highest BCUT2D eigenvalue weighted by Gasteiger charge is 2.30. The minimum Gasteiger partial charge on any atom is -0.481 e. The van der Waals surface area contributed by atoms with Crippen LogP contribution in [-0.2, 0) is 9.59 Å². The van der Waals surface area contributed by atoms with Gasteiger partial charge in [0.2, 0.25) is 5.91 Å². The second kappa shape index (κ2) is 6.00. The maximum atomic E-state index is 11.9. The molecule has 0 saturated heterocycles. The topological polar surface area (TPSA) is 92.4 Å². The molecule has 4 N–H and O–H groups in total. The summed E-state index contributed by atoms with van der Waals surface area (Å²) in [5, 5.41) is 11.6. The zero-order chi connectivity index (χ0) is 13.0. The van der Waals surface area contributed by atoms with Gasteiger partial charge in [0.05, 0.1) is 6.42 Å². The molecule has 1 saturated carbocycles. The molecule has 0 aliphatic heterocycles. The lowest BCUT2D eigenvalue weighted by Gasteiger charge is -2.22. The standard InChI is InChI=1S/C12H22N2O3/c1-7(2)10(6-11(15)16)14-12(17)8-3-4-9(13)5-8/h7-10H,3-6,13H2,1-2H3,(H,14,17)(H,15,16). The van der Waals surface area contributed by atoms with Crippen molar-refractivity contribution in [1.82, 2.24) is 5.32 Å². The van der Waals surface area contributed by atoms with Gasteiger partial charge in [-0.05, 0) is 25.2 Å². The number of amides is 1. The van der Waals surface area contributed by atoms with Gasteiger partial charge in [-0.3, -0.25) is 9.59 Å². The Morgan fingerprint density at radius 3 is 2.47 bits per heavy atom. The fourth-order valence-corrected chi connectivity index (χ4v) is 2.20. The van der Waals surface area contributed by atoms with Crippen LogP contribution in [-0.4, -0.2) is 29.1 Å². The van der Waals surface area contributed by atoms with Gasteiger partial charge in [-0.1, -0.05) is 13.8 Å². The number of nitrogens with one attached hydrogen (secondary N) is 1. The van der Waals surface area contributed by atoms with Crippen LogP contribution in [0.1, 0.15) is 39.5 Å². The van der Waals surface area contributed by atoms with Crippen LogP contribution < -0.4 is 11.1 Å². The Bertz CT molecular complexity index is 291. The number of hydrogen-bond donors (Lipinski definition) is 3. The first-order chi connectivity index (χ1) is 7.90. The van der Waals surface area contributed by atoms with E-state index in [0.717, 1.165) is 12.8 Å². The lowest BCUT2D eigenvalue weighted by atomic mass is 9.99. The number of carbonyl (C=O) groups excluding carboxylic acids is 1. The van der Waals surface area contributed by atoms with Gasteiger partial charge in [-0.15, -0.1) is 0 Å². The van der Waals surface area contributed by atoms with Gasteiger partial charge in [0, 0.05) is 18.0 Å². The number of hydrogen-bond acceptors (Lipinski definition) is 3. The van der Waals surface area contributed by atoms with Gasteiger partial charge in [0.15, 0.2) is 0 Å². The van der Waals surface area contributed by atoms with Crippen molar-refractivity contribution in [2.24, 2.45) is 17.6 Å². The van der Waals surface area contributed by atoms with E-state index >= 15 is 0 Å². The number of aliphatic carboxylic acids is 1. The maximum absolute atomic E-state index is 11.9. The number of rotatable bonds is 5. The third-order valence-electron chi connectivity index (χ3n) is 3.37. The summed E-state index contributed by atoms with van der Waals surface area (Å²) in [5.41, 5.74) is 5.76. The Hall–Kier alpha value is -1.10. The molecule has 0 spiro atoms. The number of carboxylic acids is 1. The molecule has 1 fully saturated rings. The van der Waals surface area contributed by atoms with Crippen LogP contribution in [0.15, 0.2) is 0 Å². The molecule has 98 valence electrons. The molecule has 5 heteroatoms. The largest absolute Gasteiger partial charge is 0.481 e. The molecule has 3 unspecified atom stereocenters. The van der Waals surface area contributed by atoms with Crippen molar-refractivity contribution >= 4 is 11.9 Å². The lowest BCUT2D eigenvalue weighted by Crippen LogP contribution is -2.42. The van der Waals surface area contributed by atoms with E-state index in [1.807, 2.05) is 13.8 Å². The Labute approximate surface area is 102 Å². The highest BCUT2D eigenvalue weighted by molar-refractivity contribution is 5.80. The fourth-order valence-electron chi connectivity index (χ4n) is 2.20. The SMILES string of the molecule is CC(C)C(CC(=O)O)NC(=O)C1CCC(N)C1. The van der Waals surface area contributed by atoms with Gasteiger partial charge in [-0.2, -0.15) is 0 Å². The monoisotopic (exact) mass is 242 g/mol. The highest BCUT2D eigenvalue weighted by atomic mass is 16.4. The van der Waals surface area contributed by atoms with E-state index in [1.54, 1.807) is 0 Å². The summed E-state index contributed by atoms with van der Waals surface area (Å²) < 4.78 is 0. The summed E-state index contributed by atoms with van der Waals surface area (Å²) in [7, 11) is 0. The molecule has 17 heavy (non-hydrogen) atoms. The van der Waals surface area contributed by atoms with Crippen LogP contribution in [0.5, 0.6) is 0 Å². The van der Waals surface area contributed by atoms with Gasteiger partial charge in [0.1, 0.15) is 0 Å². The smallest absolute Gasteiger partial charge is 0.305 e. The van der Waals surface area contributed by atoms with Crippen LogP contribution in [0.25, 0.3) is 0 Å². The molecule has 3 atom stereocenters. The van der Waals surface area contributed by atoms with Crippen LogP contribution >= 0.6 is 0 Å². The summed E-state index contributed by atoms with van der Waals surface area (Å²) in [6.45, 7) is 3.82. The zero-order valence-electron chi connectivity index (χ0n) is 10.5. The quantitative estimate of drug-likeness (QED) is 0.662. The maximum Gasteiger partial charge on any atom is 0.305 e. The van der Waals surface area contributed by atoms with E-state index in [-0.39, 0.29) is 36.2 Å². The summed E-state index contributed by atoms with van der Waals surface area (Å²) in [5.74, 6) is -0.852. The molecule has 0 aromatic heterocycles. The molecule has 0 bridgehead atoms. The molecular formula is C12H22N2O3. The normalized spacial score (nSPS) is 25.9. The average molecular weight is 242 g/mol. The highest BCUT2D eigenvalue weighted by Crippen LogP contribution is 2.24. The Morgan fingerprint density at radius 2 is 2.06 bits per heavy atom. The number of carboxylic acid groups (broad SMARTS) is 1. The molecule has 0 radical (unpaired) electrons. The van der Waals surface area contributed by atoms with Crippen molar-refractivity contribution in [1.29, 1.82) is 0 Å². The van der Waals surface area contributed by atoms with Crippen LogP contribution in [0, 0.1) is 11.8 Å². The van der Waals surface area contributed by atoms with Gasteiger partial charge in [0.25, 0.3) is 0 Å². The minimum atomic E-state index is -0.882.